The molecule has 1 saturated heterocycles. The third-order valence-electron chi connectivity index (χ3n) is 8.10. The van der Waals surface area contributed by atoms with E-state index in [1.165, 1.54) is 88.0 Å². The van der Waals surface area contributed by atoms with Crippen LogP contribution in [0.25, 0.3) is 10.2 Å². The van der Waals surface area contributed by atoms with E-state index in [0.717, 1.165) is 59.2 Å². The summed E-state index contributed by atoms with van der Waals surface area (Å²) < 4.78 is 20.4. The van der Waals surface area contributed by atoms with Crippen LogP contribution in [0.15, 0.2) is 24.5 Å². The van der Waals surface area contributed by atoms with E-state index in [-0.39, 0.29) is 17.7 Å². The van der Waals surface area contributed by atoms with Crippen molar-refractivity contribution in [3.8, 4) is 5.75 Å². The molecule has 0 unspecified atom stereocenters. The highest BCUT2D eigenvalue weighted by Crippen LogP contribution is 2.38. The molecule has 210 valence electrons. The van der Waals surface area contributed by atoms with Crippen LogP contribution in [0.5, 0.6) is 5.75 Å². The molecule has 1 saturated carbocycles. The van der Waals surface area contributed by atoms with Crippen LogP contribution in [0.3, 0.4) is 0 Å². The number of halogens is 1. The van der Waals surface area contributed by atoms with Gasteiger partial charge in [-0.05, 0) is 95.6 Å². The molecule has 2 aromatic heterocycles. The molecule has 2 aliphatic rings. The molecule has 0 bridgehead atoms. The van der Waals surface area contributed by atoms with Crippen molar-refractivity contribution in [3.05, 3.63) is 40.8 Å². The summed E-state index contributed by atoms with van der Waals surface area (Å²) in [6.07, 6.45) is 16.1. The van der Waals surface area contributed by atoms with Gasteiger partial charge in [-0.25, -0.2) is 14.4 Å². The van der Waals surface area contributed by atoms with Crippen LogP contribution >= 0.6 is 11.3 Å². The Morgan fingerprint density at radius 3 is 2.64 bits per heavy atom. The third kappa shape index (κ3) is 7.34. The van der Waals surface area contributed by atoms with Crippen LogP contribution in [0.2, 0.25) is 0 Å². The van der Waals surface area contributed by atoms with Gasteiger partial charge < -0.3 is 15.0 Å². The smallest absolute Gasteiger partial charge is 0.173 e. The van der Waals surface area contributed by atoms with Crippen LogP contribution in [0.4, 0.5) is 15.9 Å². The summed E-state index contributed by atoms with van der Waals surface area (Å²) in [7, 11) is 0. The second-order valence-electron chi connectivity index (χ2n) is 11.1. The van der Waals surface area contributed by atoms with Crippen LogP contribution in [-0.4, -0.2) is 46.4 Å². The first-order chi connectivity index (χ1) is 19.1. The lowest BCUT2D eigenvalue weighted by Crippen LogP contribution is -2.20. The number of likely N-dealkylation sites (tertiary alicyclic amines) is 1. The number of fused-ring (bicyclic) bond motifs is 1. The number of aromatic nitrogens is 2. The molecule has 39 heavy (non-hydrogen) atoms. The van der Waals surface area contributed by atoms with Gasteiger partial charge in [0.05, 0.1) is 22.1 Å². The number of Topliss-reactive ketones (excluding diaryl/α,β-unsaturated/α-hetero) is 1. The van der Waals surface area contributed by atoms with Gasteiger partial charge in [0.25, 0.3) is 0 Å². The van der Waals surface area contributed by atoms with E-state index in [9.17, 15) is 9.18 Å². The average molecular weight is 553 g/mol. The number of ether oxygens (including phenoxy) is 1. The number of hydrogen-bond acceptors (Lipinski definition) is 7. The molecule has 5 rings (SSSR count). The zero-order chi connectivity index (χ0) is 27.0. The molecule has 0 atom stereocenters. The second kappa shape index (κ2) is 13.7. The van der Waals surface area contributed by atoms with E-state index in [2.05, 4.69) is 20.2 Å². The number of carbonyl (C=O) groups is 1. The maximum Gasteiger partial charge on any atom is 0.173 e. The summed E-state index contributed by atoms with van der Waals surface area (Å²) in [4.78, 5) is 26.2. The summed E-state index contributed by atoms with van der Waals surface area (Å²) in [5.41, 5.74) is 1.58. The maximum absolute atomic E-state index is 14.1. The molecule has 0 radical (unpaired) electrons. The molecule has 0 amide bonds. The lowest BCUT2D eigenvalue weighted by molar-refractivity contribution is 0.0982. The first-order valence-corrected chi connectivity index (χ1v) is 15.6. The Morgan fingerprint density at radius 2 is 1.82 bits per heavy atom. The maximum atomic E-state index is 14.1. The van der Waals surface area contributed by atoms with Crippen LogP contribution in [0.1, 0.15) is 98.7 Å². The quantitative estimate of drug-likeness (QED) is 0.170. The fourth-order valence-electron chi connectivity index (χ4n) is 5.89. The lowest BCUT2D eigenvalue weighted by Gasteiger charge is -2.24. The highest BCUT2D eigenvalue weighted by molar-refractivity contribution is 7.20. The predicted molar refractivity (Wildman–Crippen MR) is 157 cm³/mol. The van der Waals surface area contributed by atoms with Crippen LogP contribution in [0, 0.1) is 12.7 Å². The number of anilines is 2. The van der Waals surface area contributed by atoms with Crippen LogP contribution in [-0.2, 0) is 0 Å². The van der Waals surface area contributed by atoms with Gasteiger partial charge >= 0.3 is 0 Å². The molecule has 1 aliphatic carbocycles. The number of hydrogen-bond donors (Lipinski definition) is 1. The van der Waals surface area contributed by atoms with Gasteiger partial charge in [-0.3, -0.25) is 4.79 Å². The number of carbonyl (C=O) groups excluding carboxylic acids is 1. The number of rotatable bonds is 13. The van der Waals surface area contributed by atoms with E-state index in [1.807, 2.05) is 6.92 Å². The zero-order valence-corrected chi connectivity index (χ0v) is 24.0. The molecule has 0 spiro atoms. The molecule has 8 heteroatoms. The highest BCUT2D eigenvalue weighted by Gasteiger charge is 2.21. The first kappa shape index (κ1) is 28.0. The van der Waals surface area contributed by atoms with E-state index in [0.29, 0.717) is 23.7 Å². The van der Waals surface area contributed by atoms with E-state index < -0.39 is 0 Å². The minimum absolute atomic E-state index is 0.101. The van der Waals surface area contributed by atoms with Crippen molar-refractivity contribution in [1.29, 1.82) is 0 Å². The Labute approximate surface area is 235 Å². The number of aryl methyl sites for hydroxylation is 1. The van der Waals surface area contributed by atoms with Crippen molar-refractivity contribution in [3.63, 3.8) is 0 Å². The van der Waals surface area contributed by atoms with Crippen molar-refractivity contribution in [2.75, 3.05) is 25.0 Å². The number of ketones is 1. The summed E-state index contributed by atoms with van der Waals surface area (Å²) in [6, 6.07) is 4.56. The highest BCUT2D eigenvalue weighted by atomic mass is 32.1. The number of unbranched alkanes of at least 4 members (excludes halogenated alkanes) is 4. The number of thiophene rings is 1. The van der Waals surface area contributed by atoms with E-state index in [4.69, 9.17) is 4.74 Å². The SMILES string of the molecule is Cc1c(C(=O)CCCCCCCN2CCCC2)sc2ncnc(Nc3ccc(F)cc3OC3CCCCC3)c12. The molecular weight excluding hydrogens is 511 g/mol. The van der Waals surface area contributed by atoms with E-state index in [1.54, 1.807) is 6.07 Å². The number of nitrogens with one attached hydrogen (secondary N) is 1. The molecular formula is C31H41FN4O2S. The lowest BCUT2D eigenvalue weighted by atomic mass is 9.98. The molecule has 3 heterocycles. The van der Waals surface area contributed by atoms with Gasteiger partial charge in [-0.2, -0.15) is 0 Å². The van der Waals surface area contributed by atoms with Gasteiger partial charge in [-0.15, -0.1) is 11.3 Å². The van der Waals surface area contributed by atoms with Crippen molar-refractivity contribution in [2.45, 2.75) is 96.5 Å². The Kier molecular flexibility index (Phi) is 9.80. The van der Waals surface area contributed by atoms with Gasteiger partial charge in [0.1, 0.15) is 28.5 Å². The fraction of sp³-hybridized carbons (Fsp3) is 0.581. The summed E-state index contributed by atoms with van der Waals surface area (Å²) in [5.74, 6) is 0.969. The minimum atomic E-state index is -0.328. The standard InChI is InChI=1S/C31H41FN4O2S/c1-22-28-30(35-25-16-15-23(32)20-27(25)38-24-12-6-5-7-13-24)33-21-34-31(28)39-29(22)26(37)14-8-3-2-4-9-17-36-18-10-11-19-36/h15-16,20-21,24H,2-14,17-19H2,1H3,(H,33,34,35). The van der Waals surface area contributed by atoms with Crippen molar-refractivity contribution >= 4 is 38.8 Å². The zero-order valence-electron chi connectivity index (χ0n) is 23.1. The predicted octanol–water partition coefficient (Wildman–Crippen LogP) is 8.21. The monoisotopic (exact) mass is 552 g/mol. The summed E-state index contributed by atoms with van der Waals surface area (Å²) >= 11 is 1.44. The fourth-order valence-corrected chi connectivity index (χ4v) is 7.01. The number of nitrogens with zero attached hydrogens (tertiary/aromatic N) is 3. The normalized spacial score (nSPS) is 16.7. The average Bonchev–Trinajstić information content (AvgIpc) is 3.58. The molecule has 1 aliphatic heterocycles. The Hall–Kier alpha value is -2.58. The Bertz CT molecular complexity index is 1250. The topological polar surface area (TPSA) is 67.4 Å². The van der Waals surface area contributed by atoms with Gasteiger partial charge in [0, 0.05) is 12.5 Å². The number of benzene rings is 1. The molecule has 1 N–H and O–H groups in total. The van der Waals surface area contributed by atoms with Crippen molar-refractivity contribution in [1.82, 2.24) is 14.9 Å². The Balaban J connectivity index is 1.21. The van der Waals surface area contributed by atoms with Crippen molar-refractivity contribution in [2.24, 2.45) is 0 Å². The third-order valence-corrected chi connectivity index (χ3v) is 9.34. The molecule has 6 nitrogen and oxygen atoms in total. The van der Waals surface area contributed by atoms with Gasteiger partial charge in [0.15, 0.2) is 5.78 Å². The van der Waals surface area contributed by atoms with E-state index >= 15 is 0 Å². The van der Waals surface area contributed by atoms with Gasteiger partial charge in [0.2, 0.25) is 0 Å². The van der Waals surface area contributed by atoms with Crippen LogP contribution < -0.4 is 10.1 Å². The summed E-state index contributed by atoms with van der Waals surface area (Å²) in [5, 5.41) is 4.21. The minimum Gasteiger partial charge on any atom is -0.488 e. The molecule has 1 aromatic carbocycles. The Morgan fingerprint density at radius 1 is 1.05 bits per heavy atom. The van der Waals surface area contributed by atoms with Gasteiger partial charge in [-0.1, -0.05) is 25.7 Å². The van der Waals surface area contributed by atoms with Crippen molar-refractivity contribution < 1.29 is 13.9 Å². The largest absolute Gasteiger partial charge is 0.488 e. The second-order valence-corrected chi connectivity index (χ2v) is 12.1. The molecule has 2 fully saturated rings. The summed E-state index contributed by atoms with van der Waals surface area (Å²) in [6.45, 7) is 5.74. The molecule has 3 aromatic rings. The first-order valence-electron chi connectivity index (χ1n) is 14.8.